The van der Waals surface area contributed by atoms with Gasteiger partial charge in [0.1, 0.15) is 16.5 Å². The van der Waals surface area contributed by atoms with Gasteiger partial charge in [-0.25, -0.2) is 4.98 Å². The maximum Gasteiger partial charge on any atom is 0.417 e. The number of carbonyl (C=O) groups excluding carboxylic acids is 1. The Hall–Kier alpha value is -3.85. The van der Waals surface area contributed by atoms with E-state index >= 15 is 0 Å². The minimum absolute atomic E-state index is 0.0625. The number of fused-ring (bicyclic) bond motifs is 3. The van der Waals surface area contributed by atoms with Crippen molar-refractivity contribution in [3.05, 3.63) is 93.8 Å². The molecule has 0 bridgehead atoms. The van der Waals surface area contributed by atoms with E-state index in [0.717, 1.165) is 23.6 Å². The summed E-state index contributed by atoms with van der Waals surface area (Å²) in [5.41, 5.74) is 1.54. The van der Waals surface area contributed by atoms with Crippen LogP contribution >= 0.6 is 11.6 Å². The molecule has 10 heteroatoms. The number of para-hydroxylation sites is 2. The Morgan fingerprint density at radius 2 is 1.92 bits per heavy atom. The van der Waals surface area contributed by atoms with Crippen LogP contribution in [0.5, 0.6) is 11.6 Å². The van der Waals surface area contributed by atoms with Crippen molar-refractivity contribution in [1.82, 2.24) is 9.88 Å². The van der Waals surface area contributed by atoms with Crippen LogP contribution in [0.4, 0.5) is 18.9 Å². The summed E-state index contributed by atoms with van der Waals surface area (Å²) in [6.07, 6.45) is -1.69. The second kappa shape index (κ2) is 9.31. The SMILES string of the molecule is O=C1C(C=Nc2ccccc2Oc2ncc(C(F)(F)F)cc2Cl)=C(O)C[C@H]2c3ccccc3CCN12. The quantitative estimate of drug-likeness (QED) is 0.399. The summed E-state index contributed by atoms with van der Waals surface area (Å²) in [4.78, 5) is 22.9. The minimum Gasteiger partial charge on any atom is -0.511 e. The Bertz CT molecular complexity index is 1400. The Morgan fingerprint density at radius 1 is 1.17 bits per heavy atom. The topological polar surface area (TPSA) is 75.0 Å². The van der Waals surface area contributed by atoms with Crippen LogP contribution in [0.15, 0.2) is 77.1 Å². The van der Waals surface area contributed by atoms with Crippen molar-refractivity contribution < 1.29 is 27.8 Å². The molecule has 3 heterocycles. The highest BCUT2D eigenvalue weighted by molar-refractivity contribution is 6.31. The standard InChI is InChI=1S/C26H19ClF3N3O3/c27-19-11-16(26(28,29)30)13-32-24(19)36-23-8-4-3-7-20(23)31-14-18-22(34)12-21-17-6-2-1-5-15(17)9-10-33(21)25(18)35/h1-8,11,13-14,21,34H,9-10,12H2/t21-/m0/s1. The van der Waals surface area contributed by atoms with Crippen molar-refractivity contribution in [1.29, 1.82) is 0 Å². The van der Waals surface area contributed by atoms with Gasteiger partial charge in [-0.15, -0.1) is 0 Å². The Kier molecular flexibility index (Phi) is 6.17. The highest BCUT2D eigenvalue weighted by atomic mass is 35.5. The first-order valence-corrected chi connectivity index (χ1v) is 11.4. The second-order valence-electron chi connectivity index (χ2n) is 8.36. The number of halogens is 4. The molecule has 6 nitrogen and oxygen atoms in total. The summed E-state index contributed by atoms with van der Waals surface area (Å²) in [7, 11) is 0. The summed E-state index contributed by atoms with van der Waals surface area (Å²) >= 11 is 5.96. The minimum atomic E-state index is -4.59. The van der Waals surface area contributed by atoms with Gasteiger partial charge in [0.05, 0.1) is 17.2 Å². The van der Waals surface area contributed by atoms with Crippen LogP contribution in [0.3, 0.4) is 0 Å². The highest BCUT2D eigenvalue weighted by Crippen LogP contribution is 2.40. The molecule has 0 radical (unpaired) electrons. The molecule has 0 spiro atoms. The maximum absolute atomic E-state index is 13.2. The van der Waals surface area contributed by atoms with E-state index in [1.54, 1.807) is 23.1 Å². The molecule has 2 aromatic carbocycles. The third-order valence-electron chi connectivity index (χ3n) is 6.14. The van der Waals surface area contributed by atoms with Gasteiger partial charge in [0.15, 0.2) is 5.75 Å². The van der Waals surface area contributed by atoms with E-state index < -0.39 is 11.7 Å². The zero-order chi connectivity index (χ0) is 25.4. The molecule has 2 aliphatic rings. The van der Waals surface area contributed by atoms with Crippen molar-refractivity contribution in [3.8, 4) is 11.6 Å². The Balaban J connectivity index is 1.40. The molecule has 1 N–H and O–H groups in total. The van der Waals surface area contributed by atoms with E-state index in [4.69, 9.17) is 16.3 Å². The number of pyridine rings is 1. The smallest absolute Gasteiger partial charge is 0.417 e. The average Bonchev–Trinajstić information content (AvgIpc) is 2.85. The van der Waals surface area contributed by atoms with E-state index in [9.17, 15) is 23.1 Å². The molecule has 1 amide bonds. The first-order valence-electron chi connectivity index (χ1n) is 11.1. The molecule has 0 saturated carbocycles. The van der Waals surface area contributed by atoms with Crippen molar-refractivity contribution in [2.24, 2.45) is 4.99 Å². The lowest BCUT2D eigenvalue weighted by Gasteiger charge is -2.40. The maximum atomic E-state index is 13.2. The molecule has 3 aromatic rings. The molecule has 2 aliphatic heterocycles. The summed E-state index contributed by atoms with van der Waals surface area (Å²) in [6.45, 7) is 0.531. The fourth-order valence-electron chi connectivity index (χ4n) is 4.36. The molecule has 5 rings (SSSR count). The molecule has 184 valence electrons. The number of nitrogens with zero attached hydrogens (tertiary/aromatic N) is 3. The zero-order valence-electron chi connectivity index (χ0n) is 18.7. The molecule has 0 fully saturated rings. The van der Waals surface area contributed by atoms with E-state index in [0.29, 0.717) is 12.7 Å². The van der Waals surface area contributed by atoms with Gasteiger partial charge in [0.2, 0.25) is 5.88 Å². The van der Waals surface area contributed by atoms with Crippen LogP contribution in [0.1, 0.15) is 29.2 Å². The van der Waals surface area contributed by atoms with Crippen molar-refractivity contribution >= 4 is 29.4 Å². The summed E-state index contributed by atoms with van der Waals surface area (Å²) in [5, 5.41) is 10.4. The molecule has 0 saturated heterocycles. The number of aromatic nitrogens is 1. The third kappa shape index (κ3) is 4.54. The van der Waals surface area contributed by atoms with Crippen LogP contribution in [0.2, 0.25) is 5.02 Å². The first kappa shape index (κ1) is 23.9. The third-order valence-corrected chi connectivity index (χ3v) is 6.41. The number of aliphatic hydroxyl groups excluding tert-OH is 1. The van der Waals surface area contributed by atoms with E-state index in [1.165, 1.54) is 12.3 Å². The number of aliphatic hydroxyl groups is 1. The highest BCUT2D eigenvalue weighted by Gasteiger charge is 2.37. The number of aliphatic imine (C=N–C) groups is 1. The van der Waals surface area contributed by atoms with Crippen molar-refractivity contribution in [2.45, 2.75) is 25.1 Å². The summed E-state index contributed by atoms with van der Waals surface area (Å²) < 4.78 is 44.3. The number of ether oxygens (including phenoxy) is 1. The summed E-state index contributed by atoms with van der Waals surface area (Å²) in [5.74, 6) is -0.450. The van der Waals surface area contributed by atoms with Gasteiger partial charge in [-0.2, -0.15) is 13.2 Å². The van der Waals surface area contributed by atoms with E-state index in [1.807, 2.05) is 24.3 Å². The van der Waals surface area contributed by atoms with Crippen molar-refractivity contribution in [2.75, 3.05) is 6.54 Å². The molecule has 36 heavy (non-hydrogen) atoms. The Labute approximate surface area is 209 Å². The lowest BCUT2D eigenvalue weighted by molar-refractivity contribution is -0.137. The predicted octanol–water partition coefficient (Wildman–Crippen LogP) is 6.59. The fourth-order valence-corrected chi connectivity index (χ4v) is 4.56. The van der Waals surface area contributed by atoms with Gasteiger partial charge in [-0.1, -0.05) is 48.0 Å². The van der Waals surface area contributed by atoms with Crippen LogP contribution in [-0.2, 0) is 17.4 Å². The number of benzene rings is 2. The largest absolute Gasteiger partial charge is 0.511 e. The average molecular weight is 514 g/mol. The molecule has 0 unspecified atom stereocenters. The molecular formula is C26H19ClF3N3O3. The van der Waals surface area contributed by atoms with Crippen LogP contribution in [0.25, 0.3) is 0 Å². The number of rotatable bonds is 4. The van der Waals surface area contributed by atoms with Gasteiger partial charge >= 0.3 is 6.18 Å². The molecule has 1 aromatic heterocycles. The van der Waals surface area contributed by atoms with Gasteiger partial charge in [-0.3, -0.25) is 9.79 Å². The number of amides is 1. The number of hydrogen-bond acceptors (Lipinski definition) is 5. The zero-order valence-corrected chi connectivity index (χ0v) is 19.4. The van der Waals surface area contributed by atoms with Crippen LogP contribution in [0, 0.1) is 0 Å². The number of carbonyl (C=O) groups is 1. The first-order chi connectivity index (χ1) is 17.2. The van der Waals surface area contributed by atoms with E-state index in [-0.39, 0.29) is 52.0 Å². The second-order valence-corrected chi connectivity index (χ2v) is 8.77. The van der Waals surface area contributed by atoms with Crippen LogP contribution in [-0.4, -0.2) is 33.7 Å². The lowest BCUT2D eigenvalue weighted by atomic mass is 9.86. The Morgan fingerprint density at radius 3 is 2.69 bits per heavy atom. The summed E-state index contributed by atoms with van der Waals surface area (Å²) in [6, 6.07) is 14.8. The monoisotopic (exact) mass is 513 g/mol. The van der Waals surface area contributed by atoms with Gasteiger partial charge < -0.3 is 14.7 Å². The van der Waals surface area contributed by atoms with Crippen LogP contribution < -0.4 is 4.74 Å². The number of alkyl halides is 3. The molecular weight excluding hydrogens is 495 g/mol. The molecule has 0 aliphatic carbocycles. The normalized spacial score (nSPS) is 17.8. The van der Waals surface area contributed by atoms with Gasteiger partial charge in [0, 0.05) is 25.4 Å². The molecule has 1 atom stereocenters. The van der Waals surface area contributed by atoms with E-state index in [2.05, 4.69) is 9.98 Å². The fraction of sp³-hybridized carbons (Fsp3) is 0.192. The number of hydrogen-bond donors (Lipinski definition) is 1. The van der Waals surface area contributed by atoms with Gasteiger partial charge in [-0.05, 0) is 35.7 Å². The van der Waals surface area contributed by atoms with Crippen molar-refractivity contribution in [3.63, 3.8) is 0 Å². The lowest BCUT2D eigenvalue weighted by Crippen LogP contribution is -2.44. The predicted molar refractivity (Wildman–Crippen MR) is 128 cm³/mol. The van der Waals surface area contributed by atoms with Gasteiger partial charge in [0.25, 0.3) is 5.91 Å².